The van der Waals surface area contributed by atoms with Gasteiger partial charge in [0.05, 0.1) is 0 Å². The van der Waals surface area contributed by atoms with Crippen LogP contribution in [0.3, 0.4) is 0 Å². The van der Waals surface area contributed by atoms with Crippen LogP contribution in [0, 0.1) is 0 Å². The van der Waals surface area contributed by atoms with Crippen LogP contribution in [0.5, 0.6) is 0 Å². The highest BCUT2D eigenvalue weighted by Crippen LogP contribution is 2.11. The molecule has 0 N–H and O–H groups in total. The molecule has 0 heterocycles. The molecule has 0 fully saturated rings. The Hall–Kier alpha value is 0.910. The maximum absolute atomic E-state index is 2.81. The lowest BCUT2D eigenvalue weighted by Crippen LogP contribution is -1.82. The summed E-state index contributed by atoms with van der Waals surface area (Å²) in [6.45, 7) is 2.29. The second-order valence-corrected chi connectivity index (χ2v) is 5.26. The van der Waals surface area contributed by atoms with Gasteiger partial charge >= 0.3 is 0 Å². The highest BCUT2D eigenvalue weighted by molar-refractivity contribution is 8.93. The first-order valence-corrected chi connectivity index (χ1v) is 7.93. The molecule has 1 atom stereocenters. The maximum atomic E-state index is 2.81. The van der Waals surface area contributed by atoms with Crippen molar-refractivity contribution < 1.29 is 0 Å². The van der Waals surface area contributed by atoms with E-state index in [1.807, 2.05) is 0 Å². The molecule has 0 rings (SSSR count). The average molecular weight is 311 g/mol. The summed E-state index contributed by atoms with van der Waals surface area (Å²) in [4.78, 5) is 0. The summed E-state index contributed by atoms with van der Waals surface area (Å²) in [6.07, 6.45) is 18.7. The topological polar surface area (TPSA) is 0 Å². The standard InChI is InChI=1S/C14H31P.BrH/c1-2-3-4-5-6-7-8-9-10-11-12-13-14-15;/h2-15H2,1H3;1H. The lowest BCUT2D eigenvalue weighted by molar-refractivity contribution is 0.548. The minimum absolute atomic E-state index is 0. The summed E-state index contributed by atoms with van der Waals surface area (Å²) in [5.74, 6) is 0. The zero-order valence-corrected chi connectivity index (χ0v) is 14.0. The van der Waals surface area contributed by atoms with Crippen molar-refractivity contribution in [1.82, 2.24) is 0 Å². The predicted molar refractivity (Wildman–Crippen MR) is 86.0 cm³/mol. The highest BCUT2D eigenvalue weighted by atomic mass is 79.9. The normalized spacial score (nSPS) is 10.1. The Balaban J connectivity index is 0. The molecule has 0 aliphatic rings. The van der Waals surface area contributed by atoms with Crippen LogP contribution in [0.25, 0.3) is 0 Å². The van der Waals surface area contributed by atoms with E-state index in [1.165, 1.54) is 83.2 Å². The molecule has 16 heavy (non-hydrogen) atoms. The van der Waals surface area contributed by atoms with Crippen LogP contribution in [0.1, 0.15) is 84.0 Å². The van der Waals surface area contributed by atoms with E-state index in [0.29, 0.717) is 0 Å². The van der Waals surface area contributed by atoms with Gasteiger partial charge in [0.2, 0.25) is 0 Å². The Bertz CT molecular complexity index is 94.9. The summed E-state index contributed by atoms with van der Waals surface area (Å²) in [5, 5.41) is 0. The fourth-order valence-electron chi connectivity index (χ4n) is 1.99. The minimum atomic E-state index is 0. The van der Waals surface area contributed by atoms with E-state index in [2.05, 4.69) is 16.2 Å². The van der Waals surface area contributed by atoms with Gasteiger partial charge in [0, 0.05) is 0 Å². The van der Waals surface area contributed by atoms with Crippen molar-refractivity contribution in [3.63, 3.8) is 0 Å². The fourth-order valence-corrected chi connectivity index (χ4v) is 2.27. The van der Waals surface area contributed by atoms with E-state index in [4.69, 9.17) is 0 Å². The van der Waals surface area contributed by atoms with Crippen molar-refractivity contribution in [1.29, 1.82) is 0 Å². The van der Waals surface area contributed by atoms with Gasteiger partial charge in [-0.25, -0.2) is 0 Å². The predicted octanol–water partition coefficient (Wildman–Crippen LogP) is 6.14. The first-order valence-electron chi connectivity index (χ1n) is 7.12. The zero-order chi connectivity index (χ0) is 11.2. The molecule has 0 aliphatic carbocycles. The number of unbranched alkanes of at least 4 members (excludes halogenated alkanes) is 11. The van der Waals surface area contributed by atoms with Crippen LogP contribution < -0.4 is 0 Å². The number of rotatable bonds is 12. The van der Waals surface area contributed by atoms with E-state index in [9.17, 15) is 0 Å². The van der Waals surface area contributed by atoms with Crippen molar-refractivity contribution in [3.8, 4) is 0 Å². The third-order valence-corrected chi connectivity index (χ3v) is 3.47. The second kappa shape index (κ2) is 18.3. The monoisotopic (exact) mass is 310 g/mol. The summed E-state index contributed by atoms with van der Waals surface area (Å²) in [7, 11) is 2.81. The molecule has 0 radical (unpaired) electrons. The molecule has 0 amide bonds. The van der Waals surface area contributed by atoms with Crippen LogP contribution in [0.15, 0.2) is 0 Å². The van der Waals surface area contributed by atoms with Crippen molar-refractivity contribution in [2.24, 2.45) is 0 Å². The number of hydrogen-bond donors (Lipinski definition) is 0. The summed E-state index contributed by atoms with van der Waals surface area (Å²) in [5.41, 5.74) is 0. The molecule has 0 aromatic heterocycles. The van der Waals surface area contributed by atoms with Gasteiger partial charge in [0.1, 0.15) is 0 Å². The van der Waals surface area contributed by atoms with Gasteiger partial charge < -0.3 is 0 Å². The van der Waals surface area contributed by atoms with E-state index in [-0.39, 0.29) is 17.0 Å². The smallest absolute Gasteiger partial charge is 0.0381 e. The van der Waals surface area contributed by atoms with Crippen LogP contribution in [0.4, 0.5) is 0 Å². The molecule has 2 heteroatoms. The van der Waals surface area contributed by atoms with Gasteiger partial charge in [0.15, 0.2) is 0 Å². The molecule has 100 valence electrons. The zero-order valence-electron chi connectivity index (χ0n) is 11.2. The molecule has 0 saturated heterocycles. The van der Waals surface area contributed by atoms with E-state index < -0.39 is 0 Å². The summed E-state index contributed by atoms with van der Waals surface area (Å²) < 4.78 is 0. The second-order valence-electron chi connectivity index (χ2n) is 4.68. The Labute approximate surface area is 116 Å². The average Bonchev–Trinajstić information content (AvgIpc) is 2.26. The molecular weight excluding hydrogens is 279 g/mol. The lowest BCUT2D eigenvalue weighted by Gasteiger charge is -2.01. The van der Waals surface area contributed by atoms with Gasteiger partial charge in [-0.15, -0.1) is 26.2 Å². The van der Waals surface area contributed by atoms with Crippen molar-refractivity contribution in [3.05, 3.63) is 0 Å². The highest BCUT2D eigenvalue weighted by Gasteiger charge is 1.92. The molecule has 0 saturated carbocycles. The molecule has 0 spiro atoms. The van der Waals surface area contributed by atoms with E-state index in [0.717, 1.165) is 0 Å². The largest absolute Gasteiger partial charge is 0.138 e. The molecule has 0 aromatic carbocycles. The molecule has 0 nitrogen and oxygen atoms in total. The van der Waals surface area contributed by atoms with E-state index >= 15 is 0 Å². The summed E-state index contributed by atoms with van der Waals surface area (Å²) in [6, 6.07) is 0. The Morgan fingerprint density at radius 2 is 0.875 bits per heavy atom. The van der Waals surface area contributed by atoms with Gasteiger partial charge in [-0.05, 0) is 12.6 Å². The van der Waals surface area contributed by atoms with Crippen LogP contribution in [0.2, 0.25) is 0 Å². The van der Waals surface area contributed by atoms with Crippen LogP contribution >= 0.6 is 26.2 Å². The Morgan fingerprint density at radius 1 is 0.562 bits per heavy atom. The van der Waals surface area contributed by atoms with E-state index in [1.54, 1.807) is 0 Å². The third kappa shape index (κ3) is 17.3. The SMILES string of the molecule is Br.CCCCCCCCCCCCCCP. The fraction of sp³-hybridized carbons (Fsp3) is 1.00. The van der Waals surface area contributed by atoms with Crippen LogP contribution in [-0.2, 0) is 0 Å². The Morgan fingerprint density at radius 3 is 1.19 bits per heavy atom. The van der Waals surface area contributed by atoms with Gasteiger partial charge in [-0.2, -0.15) is 0 Å². The number of halogens is 1. The van der Waals surface area contributed by atoms with Gasteiger partial charge in [-0.1, -0.05) is 77.6 Å². The molecule has 0 aromatic rings. The van der Waals surface area contributed by atoms with Gasteiger partial charge in [-0.3, -0.25) is 0 Å². The number of hydrogen-bond acceptors (Lipinski definition) is 0. The molecule has 0 aliphatic heterocycles. The summed E-state index contributed by atoms with van der Waals surface area (Å²) >= 11 is 0. The third-order valence-electron chi connectivity index (χ3n) is 3.06. The minimum Gasteiger partial charge on any atom is -0.138 e. The van der Waals surface area contributed by atoms with Gasteiger partial charge in [0.25, 0.3) is 0 Å². The van der Waals surface area contributed by atoms with Crippen molar-refractivity contribution in [2.75, 3.05) is 6.16 Å². The quantitative estimate of drug-likeness (QED) is 0.300. The van der Waals surface area contributed by atoms with Crippen LogP contribution in [-0.4, -0.2) is 6.16 Å². The maximum Gasteiger partial charge on any atom is -0.0381 e. The lowest BCUT2D eigenvalue weighted by atomic mass is 10.1. The molecular formula is C14H32BrP. The van der Waals surface area contributed by atoms with Crippen molar-refractivity contribution >= 4 is 26.2 Å². The first-order chi connectivity index (χ1) is 7.41. The molecule has 0 bridgehead atoms. The molecule has 1 unspecified atom stereocenters. The Kier molecular flexibility index (Phi) is 22.0. The van der Waals surface area contributed by atoms with Crippen molar-refractivity contribution in [2.45, 2.75) is 84.0 Å². The first kappa shape index (κ1) is 19.3.